The van der Waals surface area contributed by atoms with Crippen LogP contribution in [0, 0.1) is 0 Å². The number of nitrogens with zero attached hydrogens (tertiary/aromatic N) is 2. The largest absolute Gasteiger partial charge is 0.309 e. The summed E-state index contributed by atoms with van der Waals surface area (Å²) in [5, 5.41) is 1.19. The third-order valence-corrected chi connectivity index (χ3v) is 4.80. The van der Waals surface area contributed by atoms with E-state index in [4.69, 9.17) is 11.6 Å². The van der Waals surface area contributed by atoms with Crippen molar-refractivity contribution in [3.63, 3.8) is 0 Å². The number of hydrogen-bond acceptors (Lipinski definition) is 3. The van der Waals surface area contributed by atoms with Crippen molar-refractivity contribution in [1.29, 1.82) is 0 Å². The molecule has 1 saturated carbocycles. The fourth-order valence-electron chi connectivity index (χ4n) is 3.30. The number of aromatic amines is 1. The number of aromatic nitrogens is 2. The van der Waals surface area contributed by atoms with Crippen molar-refractivity contribution in [3.8, 4) is 0 Å². The molecule has 1 aromatic heterocycles. The van der Waals surface area contributed by atoms with E-state index in [9.17, 15) is 4.79 Å². The van der Waals surface area contributed by atoms with E-state index < -0.39 is 0 Å². The Labute approximate surface area is 135 Å². The first-order valence-electron chi connectivity index (χ1n) is 8.02. The zero-order valence-electron chi connectivity index (χ0n) is 12.9. The van der Waals surface area contributed by atoms with Crippen LogP contribution in [0.4, 0.5) is 0 Å². The lowest BCUT2D eigenvalue weighted by molar-refractivity contribution is 0.208. The van der Waals surface area contributed by atoms with E-state index in [1.54, 1.807) is 18.2 Å². The summed E-state index contributed by atoms with van der Waals surface area (Å²) in [4.78, 5) is 22.0. The van der Waals surface area contributed by atoms with Crippen molar-refractivity contribution in [1.82, 2.24) is 14.9 Å². The Kier molecular flexibility index (Phi) is 4.79. The van der Waals surface area contributed by atoms with Gasteiger partial charge in [0.15, 0.2) is 0 Å². The summed E-state index contributed by atoms with van der Waals surface area (Å²) in [5.41, 5.74) is 0.575. The van der Waals surface area contributed by atoms with Crippen LogP contribution in [0.15, 0.2) is 23.0 Å². The highest BCUT2D eigenvalue weighted by atomic mass is 35.5. The second kappa shape index (κ2) is 6.80. The third kappa shape index (κ3) is 3.50. The fourth-order valence-corrected chi connectivity index (χ4v) is 3.47. The van der Waals surface area contributed by atoms with Crippen LogP contribution in [0.3, 0.4) is 0 Å². The van der Waals surface area contributed by atoms with Gasteiger partial charge in [-0.3, -0.25) is 9.69 Å². The lowest BCUT2D eigenvalue weighted by atomic mass is 10.1. The van der Waals surface area contributed by atoms with Gasteiger partial charge in [0.1, 0.15) is 5.82 Å². The van der Waals surface area contributed by atoms with E-state index in [1.807, 2.05) is 0 Å². The first-order valence-corrected chi connectivity index (χ1v) is 8.40. The number of nitrogens with one attached hydrogen (secondary N) is 1. The third-order valence-electron chi connectivity index (χ3n) is 4.56. The molecule has 0 unspecified atom stereocenters. The van der Waals surface area contributed by atoms with Gasteiger partial charge in [-0.1, -0.05) is 37.3 Å². The highest BCUT2D eigenvalue weighted by Gasteiger charge is 2.18. The van der Waals surface area contributed by atoms with E-state index in [0.29, 0.717) is 34.3 Å². The van der Waals surface area contributed by atoms with Crippen LogP contribution in [-0.2, 0) is 6.54 Å². The number of benzene rings is 1. The number of rotatable bonds is 3. The molecule has 1 N–H and O–H groups in total. The minimum atomic E-state index is -0.0917. The van der Waals surface area contributed by atoms with Gasteiger partial charge in [-0.15, -0.1) is 0 Å². The number of halogens is 1. The van der Waals surface area contributed by atoms with Crippen LogP contribution in [0.2, 0.25) is 5.02 Å². The van der Waals surface area contributed by atoms with Crippen molar-refractivity contribution in [3.05, 3.63) is 39.4 Å². The van der Waals surface area contributed by atoms with Gasteiger partial charge in [-0.2, -0.15) is 0 Å². The molecule has 1 heterocycles. The Morgan fingerprint density at radius 3 is 2.73 bits per heavy atom. The summed E-state index contributed by atoms with van der Waals surface area (Å²) in [6, 6.07) is 5.78. The SMILES string of the molecule is CN(Cc1nc2cc(Cl)ccc2c(=O)[nH]1)C1CCCCCC1. The van der Waals surface area contributed by atoms with Gasteiger partial charge in [0.05, 0.1) is 17.4 Å². The minimum Gasteiger partial charge on any atom is -0.309 e. The van der Waals surface area contributed by atoms with Crippen molar-refractivity contribution in [2.45, 2.75) is 51.1 Å². The molecule has 4 nitrogen and oxygen atoms in total. The maximum atomic E-state index is 12.2. The number of fused-ring (bicyclic) bond motifs is 1. The van der Waals surface area contributed by atoms with E-state index in [-0.39, 0.29) is 5.56 Å². The standard InChI is InChI=1S/C17H22ClN3O/c1-21(13-6-4-2-3-5-7-13)11-16-19-15-10-12(18)8-9-14(15)17(22)20-16/h8-10,13H,2-7,11H2,1H3,(H,19,20,22). The van der Waals surface area contributed by atoms with Crippen LogP contribution in [0.25, 0.3) is 10.9 Å². The summed E-state index contributed by atoms with van der Waals surface area (Å²) in [6.07, 6.45) is 7.75. The Morgan fingerprint density at radius 2 is 2.00 bits per heavy atom. The molecule has 0 amide bonds. The predicted molar refractivity (Wildman–Crippen MR) is 90.3 cm³/mol. The molecule has 0 spiro atoms. The molecule has 0 bridgehead atoms. The highest BCUT2D eigenvalue weighted by Crippen LogP contribution is 2.22. The van der Waals surface area contributed by atoms with Crippen LogP contribution in [-0.4, -0.2) is 28.0 Å². The van der Waals surface area contributed by atoms with Gasteiger partial charge >= 0.3 is 0 Å². The van der Waals surface area contributed by atoms with E-state index in [2.05, 4.69) is 21.9 Å². The van der Waals surface area contributed by atoms with Gasteiger partial charge < -0.3 is 4.98 Å². The Balaban J connectivity index is 1.82. The molecule has 0 saturated heterocycles. The lowest BCUT2D eigenvalue weighted by Gasteiger charge is -2.26. The van der Waals surface area contributed by atoms with E-state index >= 15 is 0 Å². The van der Waals surface area contributed by atoms with Crippen molar-refractivity contribution in [2.24, 2.45) is 0 Å². The van der Waals surface area contributed by atoms with Gasteiger partial charge in [0, 0.05) is 11.1 Å². The number of H-pyrrole nitrogens is 1. The first-order chi connectivity index (χ1) is 10.6. The predicted octanol–water partition coefficient (Wildman–Crippen LogP) is 3.73. The van der Waals surface area contributed by atoms with Gasteiger partial charge in [0.2, 0.25) is 0 Å². The average Bonchev–Trinajstić information content (AvgIpc) is 2.75. The molecule has 1 aliphatic carbocycles. The van der Waals surface area contributed by atoms with Crippen molar-refractivity contribution >= 4 is 22.5 Å². The quantitative estimate of drug-likeness (QED) is 0.877. The zero-order chi connectivity index (χ0) is 15.5. The summed E-state index contributed by atoms with van der Waals surface area (Å²) >= 11 is 6.01. The fraction of sp³-hybridized carbons (Fsp3) is 0.529. The van der Waals surface area contributed by atoms with Gasteiger partial charge in [-0.25, -0.2) is 4.98 Å². The van der Waals surface area contributed by atoms with Crippen LogP contribution < -0.4 is 5.56 Å². The summed E-state index contributed by atoms with van der Waals surface area (Å²) in [6.45, 7) is 0.669. The molecule has 0 atom stereocenters. The molecule has 1 aliphatic rings. The zero-order valence-corrected chi connectivity index (χ0v) is 13.7. The first kappa shape index (κ1) is 15.5. The maximum Gasteiger partial charge on any atom is 0.258 e. The molecule has 0 radical (unpaired) electrons. The minimum absolute atomic E-state index is 0.0917. The topological polar surface area (TPSA) is 49.0 Å². The molecule has 5 heteroatoms. The van der Waals surface area contributed by atoms with E-state index in [1.165, 1.54) is 38.5 Å². The van der Waals surface area contributed by atoms with Crippen molar-refractivity contribution < 1.29 is 0 Å². The molecular weight excluding hydrogens is 298 g/mol. The molecular formula is C17H22ClN3O. The van der Waals surface area contributed by atoms with Gasteiger partial charge in [-0.05, 0) is 38.1 Å². The molecule has 2 aromatic rings. The molecule has 22 heavy (non-hydrogen) atoms. The summed E-state index contributed by atoms with van der Waals surface area (Å²) in [5.74, 6) is 0.714. The summed E-state index contributed by atoms with van der Waals surface area (Å²) in [7, 11) is 2.12. The second-order valence-electron chi connectivity index (χ2n) is 6.23. The van der Waals surface area contributed by atoms with Crippen LogP contribution in [0.5, 0.6) is 0 Å². The number of hydrogen-bond donors (Lipinski definition) is 1. The van der Waals surface area contributed by atoms with Crippen LogP contribution in [0.1, 0.15) is 44.3 Å². The monoisotopic (exact) mass is 319 g/mol. The van der Waals surface area contributed by atoms with Crippen LogP contribution >= 0.6 is 11.6 Å². The maximum absolute atomic E-state index is 12.2. The van der Waals surface area contributed by atoms with Crippen molar-refractivity contribution in [2.75, 3.05) is 7.05 Å². The normalized spacial score (nSPS) is 17.0. The lowest BCUT2D eigenvalue weighted by Crippen LogP contribution is -2.32. The molecule has 1 aromatic carbocycles. The Hall–Kier alpha value is -1.39. The smallest absolute Gasteiger partial charge is 0.258 e. The molecule has 0 aliphatic heterocycles. The van der Waals surface area contributed by atoms with Gasteiger partial charge in [0.25, 0.3) is 5.56 Å². The highest BCUT2D eigenvalue weighted by molar-refractivity contribution is 6.31. The second-order valence-corrected chi connectivity index (χ2v) is 6.67. The molecule has 118 valence electrons. The molecule has 3 rings (SSSR count). The van der Waals surface area contributed by atoms with E-state index in [0.717, 1.165) is 0 Å². The molecule has 1 fully saturated rings. The summed E-state index contributed by atoms with van der Waals surface area (Å²) < 4.78 is 0. The average molecular weight is 320 g/mol. The Morgan fingerprint density at radius 1 is 1.27 bits per heavy atom. The Bertz CT molecular complexity index is 705.